The van der Waals surface area contributed by atoms with Crippen LogP contribution in [0.3, 0.4) is 0 Å². The topological polar surface area (TPSA) is 81.8 Å². The van der Waals surface area contributed by atoms with Gasteiger partial charge in [0.15, 0.2) is 0 Å². The Bertz CT molecular complexity index is 696. The van der Waals surface area contributed by atoms with Gasteiger partial charge < -0.3 is 10.6 Å². The number of nitrogens with zero attached hydrogens (tertiary/aromatic N) is 1. The van der Waals surface area contributed by atoms with Crippen molar-refractivity contribution in [2.75, 3.05) is 13.2 Å². The number of oxime groups is 1. The molecule has 4 aliphatic rings. The van der Waals surface area contributed by atoms with Crippen molar-refractivity contribution in [1.82, 2.24) is 0 Å². The standard InChI is InChI=1S/C23H36N2O3.ClH/c1-4-14-18(25-28-12-11-24)8-10-23(3)17-7-9-22(2)16(5-6-20(22)27)15(17)13-19(26)21(14)23;/h14-17,21H,4-13,24H2,1-3H3;1H/b25-18+;/t14?,15-,16-,17-,21+,22-,23+;/m0./s1. The molecule has 0 heterocycles. The van der Waals surface area contributed by atoms with Gasteiger partial charge in [-0.15, -0.1) is 12.4 Å². The van der Waals surface area contributed by atoms with Crippen molar-refractivity contribution in [2.45, 2.75) is 72.1 Å². The fraction of sp³-hybridized carbons (Fsp3) is 0.870. The fourth-order valence-electron chi connectivity index (χ4n) is 7.69. The van der Waals surface area contributed by atoms with E-state index in [1.165, 1.54) is 0 Å². The fourth-order valence-corrected chi connectivity index (χ4v) is 7.69. The average molecular weight is 425 g/mol. The number of ketones is 2. The predicted molar refractivity (Wildman–Crippen MR) is 116 cm³/mol. The molecule has 4 fully saturated rings. The molecule has 0 bridgehead atoms. The van der Waals surface area contributed by atoms with Crippen molar-refractivity contribution in [1.29, 1.82) is 0 Å². The van der Waals surface area contributed by atoms with E-state index in [0.717, 1.165) is 44.2 Å². The largest absolute Gasteiger partial charge is 0.394 e. The number of rotatable bonds is 4. The predicted octanol–water partition coefficient (Wildman–Crippen LogP) is 4.17. The SMILES string of the molecule is CCC1/C(=N/OCCN)CC[C@@]2(C)[C@H]1C(=O)C[C@@H]1[C@@H]2CC[C@]2(C)C(=O)CC[C@@H]12.Cl. The van der Waals surface area contributed by atoms with Crippen LogP contribution in [0.4, 0.5) is 0 Å². The number of carbonyl (C=O) groups excluding carboxylic acids is 2. The first-order valence-corrected chi connectivity index (χ1v) is 11.3. The van der Waals surface area contributed by atoms with Crippen molar-refractivity contribution in [2.24, 2.45) is 51.3 Å². The lowest BCUT2D eigenvalue weighted by atomic mass is 9.43. The molecule has 0 spiro atoms. The van der Waals surface area contributed by atoms with Crippen molar-refractivity contribution < 1.29 is 14.4 Å². The second kappa shape index (κ2) is 8.30. The first-order valence-electron chi connectivity index (χ1n) is 11.3. The van der Waals surface area contributed by atoms with Gasteiger partial charge in [-0.25, -0.2) is 0 Å². The van der Waals surface area contributed by atoms with Gasteiger partial charge in [-0.3, -0.25) is 9.59 Å². The quantitative estimate of drug-likeness (QED) is 0.542. The first-order chi connectivity index (χ1) is 13.4. The van der Waals surface area contributed by atoms with Crippen molar-refractivity contribution in [3.8, 4) is 0 Å². The maximum atomic E-state index is 13.5. The molecule has 0 radical (unpaired) electrons. The summed E-state index contributed by atoms with van der Waals surface area (Å²) in [5, 5.41) is 4.40. The summed E-state index contributed by atoms with van der Waals surface area (Å²) in [6.45, 7) is 7.59. The van der Waals surface area contributed by atoms with E-state index >= 15 is 0 Å². The van der Waals surface area contributed by atoms with E-state index < -0.39 is 0 Å². The van der Waals surface area contributed by atoms with Crippen LogP contribution in [0.15, 0.2) is 5.16 Å². The summed E-state index contributed by atoms with van der Waals surface area (Å²) in [7, 11) is 0. The number of hydrogen-bond acceptors (Lipinski definition) is 5. The van der Waals surface area contributed by atoms with Crippen LogP contribution in [0, 0.1) is 40.4 Å². The Morgan fingerprint density at radius 1 is 1.14 bits per heavy atom. The van der Waals surface area contributed by atoms with Gasteiger partial charge in [0.2, 0.25) is 0 Å². The van der Waals surface area contributed by atoms with Crippen LogP contribution in [0.2, 0.25) is 0 Å². The molecule has 164 valence electrons. The number of hydrogen-bond donors (Lipinski definition) is 1. The number of fused-ring (bicyclic) bond motifs is 5. The molecular formula is C23H37ClN2O3. The van der Waals surface area contributed by atoms with Crippen molar-refractivity contribution >= 4 is 29.7 Å². The molecule has 0 aliphatic heterocycles. The Hall–Kier alpha value is -0.940. The molecule has 4 saturated carbocycles. The second-order valence-electron chi connectivity index (χ2n) is 10.2. The normalized spacial score (nSPS) is 45.2. The molecule has 0 amide bonds. The molecular weight excluding hydrogens is 388 g/mol. The lowest BCUT2D eigenvalue weighted by Gasteiger charge is -2.60. The zero-order valence-electron chi connectivity index (χ0n) is 18.1. The third-order valence-corrected chi connectivity index (χ3v) is 9.07. The minimum atomic E-state index is -0.174. The first kappa shape index (κ1) is 22.7. The molecule has 6 heteroatoms. The van der Waals surface area contributed by atoms with E-state index in [4.69, 9.17) is 10.6 Å². The molecule has 0 aromatic rings. The second-order valence-corrected chi connectivity index (χ2v) is 10.2. The van der Waals surface area contributed by atoms with E-state index in [9.17, 15) is 9.59 Å². The van der Waals surface area contributed by atoms with Gasteiger partial charge in [-0.1, -0.05) is 25.9 Å². The smallest absolute Gasteiger partial charge is 0.139 e. The van der Waals surface area contributed by atoms with Crippen LogP contribution < -0.4 is 5.73 Å². The summed E-state index contributed by atoms with van der Waals surface area (Å²) in [5.74, 6) is 2.44. The van der Waals surface area contributed by atoms with E-state index in [1.807, 2.05) is 0 Å². The molecule has 7 atom stereocenters. The Morgan fingerprint density at radius 2 is 1.90 bits per heavy atom. The highest BCUT2D eigenvalue weighted by atomic mass is 35.5. The van der Waals surface area contributed by atoms with Gasteiger partial charge in [0.25, 0.3) is 0 Å². The summed E-state index contributed by atoms with van der Waals surface area (Å²) in [4.78, 5) is 31.5. The summed E-state index contributed by atoms with van der Waals surface area (Å²) in [5.41, 5.74) is 6.44. The third kappa shape index (κ3) is 3.37. The van der Waals surface area contributed by atoms with E-state index in [1.54, 1.807) is 0 Å². The lowest BCUT2D eigenvalue weighted by molar-refractivity contribution is -0.156. The Balaban J connectivity index is 0.00000240. The highest BCUT2D eigenvalue weighted by molar-refractivity contribution is 5.95. The zero-order chi connectivity index (χ0) is 20.1. The van der Waals surface area contributed by atoms with Crippen LogP contribution in [-0.4, -0.2) is 30.4 Å². The van der Waals surface area contributed by atoms with Crippen LogP contribution in [-0.2, 0) is 14.4 Å². The third-order valence-electron chi connectivity index (χ3n) is 9.07. The minimum Gasteiger partial charge on any atom is -0.394 e. The van der Waals surface area contributed by atoms with E-state index in [0.29, 0.717) is 55.3 Å². The van der Waals surface area contributed by atoms with Crippen LogP contribution in [0.1, 0.15) is 72.1 Å². The Labute approximate surface area is 181 Å². The number of nitrogens with two attached hydrogens (primary N) is 1. The highest BCUT2D eigenvalue weighted by Gasteiger charge is 2.63. The molecule has 4 rings (SSSR count). The van der Waals surface area contributed by atoms with Crippen molar-refractivity contribution in [3.05, 3.63) is 0 Å². The lowest BCUT2D eigenvalue weighted by Crippen LogP contribution is -2.59. The van der Waals surface area contributed by atoms with Crippen LogP contribution >= 0.6 is 12.4 Å². The van der Waals surface area contributed by atoms with Gasteiger partial charge in [-0.2, -0.15) is 0 Å². The molecule has 1 unspecified atom stereocenters. The molecule has 0 aromatic carbocycles. The number of carbonyl (C=O) groups is 2. The molecule has 5 nitrogen and oxygen atoms in total. The summed E-state index contributed by atoms with van der Waals surface area (Å²) < 4.78 is 0. The van der Waals surface area contributed by atoms with E-state index in [-0.39, 0.29) is 35.1 Å². The Kier molecular flexibility index (Phi) is 6.51. The van der Waals surface area contributed by atoms with Crippen LogP contribution in [0.25, 0.3) is 0 Å². The summed E-state index contributed by atoms with van der Waals surface area (Å²) >= 11 is 0. The van der Waals surface area contributed by atoms with Gasteiger partial charge in [0, 0.05) is 36.6 Å². The zero-order valence-corrected chi connectivity index (χ0v) is 18.9. The van der Waals surface area contributed by atoms with Gasteiger partial charge >= 0.3 is 0 Å². The van der Waals surface area contributed by atoms with Gasteiger partial charge in [0.1, 0.15) is 18.2 Å². The summed E-state index contributed by atoms with van der Waals surface area (Å²) in [6, 6.07) is 0. The van der Waals surface area contributed by atoms with Gasteiger partial charge in [0.05, 0.1) is 5.71 Å². The van der Waals surface area contributed by atoms with Crippen LogP contribution in [0.5, 0.6) is 0 Å². The summed E-state index contributed by atoms with van der Waals surface area (Å²) in [6.07, 6.45) is 7.30. The van der Waals surface area contributed by atoms with E-state index in [2.05, 4.69) is 25.9 Å². The van der Waals surface area contributed by atoms with Gasteiger partial charge in [-0.05, 0) is 61.7 Å². The molecule has 4 aliphatic carbocycles. The van der Waals surface area contributed by atoms with Crippen molar-refractivity contribution in [3.63, 3.8) is 0 Å². The molecule has 2 N–H and O–H groups in total. The minimum absolute atomic E-state index is 0. The maximum absolute atomic E-state index is 13.5. The Morgan fingerprint density at radius 3 is 2.59 bits per heavy atom. The molecule has 0 saturated heterocycles. The monoisotopic (exact) mass is 424 g/mol. The average Bonchev–Trinajstić information content (AvgIpc) is 2.97. The number of Topliss-reactive ketones (excluding diaryl/α,β-unsaturated/α-hetero) is 2. The number of halogens is 1. The highest BCUT2D eigenvalue weighted by Crippen LogP contribution is 2.65. The molecule has 29 heavy (non-hydrogen) atoms. The molecule has 0 aromatic heterocycles. The maximum Gasteiger partial charge on any atom is 0.139 e.